The van der Waals surface area contributed by atoms with Crippen LogP contribution in [0.1, 0.15) is 26.6 Å². The largest absolute Gasteiger partial charge is 0.371 e. The van der Waals surface area contributed by atoms with E-state index in [1.807, 2.05) is 25.3 Å². The maximum absolute atomic E-state index is 5.43. The number of aromatic nitrogens is 3. The molecule has 0 aromatic carbocycles. The Hall–Kier alpha value is -0.680. The van der Waals surface area contributed by atoms with Crippen molar-refractivity contribution < 1.29 is 4.74 Å². The van der Waals surface area contributed by atoms with Gasteiger partial charge in [-0.1, -0.05) is 0 Å². The fourth-order valence-corrected chi connectivity index (χ4v) is 1.31. The molecular weight excluding hydrogens is 186 g/mol. The van der Waals surface area contributed by atoms with Crippen LogP contribution in [0.5, 0.6) is 0 Å². The van der Waals surface area contributed by atoms with E-state index in [0.717, 1.165) is 12.4 Å². The summed E-state index contributed by atoms with van der Waals surface area (Å²) < 4.78 is 8.02. The fourth-order valence-electron chi connectivity index (χ4n) is 1.03. The van der Waals surface area contributed by atoms with E-state index in [2.05, 4.69) is 10.2 Å². The quantitative estimate of drug-likeness (QED) is 0.756. The van der Waals surface area contributed by atoms with E-state index >= 15 is 0 Å². The molecule has 0 saturated heterocycles. The van der Waals surface area contributed by atoms with Gasteiger partial charge in [-0.25, -0.2) is 0 Å². The molecule has 0 bridgehead atoms. The lowest BCUT2D eigenvalue weighted by atomic mass is 10.5. The minimum Gasteiger partial charge on any atom is -0.371 e. The molecule has 0 unspecified atom stereocenters. The summed E-state index contributed by atoms with van der Waals surface area (Å²) in [5.74, 6) is 0.862. The number of ether oxygens (including phenoxy) is 1. The summed E-state index contributed by atoms with van der Waals surface area (Å²) in [6, 6.07) is 0. The van der Waals surface area contributed by atoms with Gasteiger partial charge in [0.05, 0.1) is 6.10 Å². The minimum atomic E-state index is 0.218. The Labute approximate surface area is 82.9 Å². The highest BCUT2D eigenvalue weighted by molar-refractivity contribution is 7.71. The third-order valence-electron chi connectivity index (χ3n) is 1.70. The SMILES string of the molecule is CCn1c(COC(C)C)n[nH]c1=S. The highest BCUT2D eigenvalue weighted by Crippen LogP contribution is 2.01. The Morgan fingerprint density at radius 1 is 1.62 bits per heavy atom. The van der Waals surface area contributed by atoms with Gasteiger partial charge in [0.15, 0.2) is 10.6 Å². The summed E-state index contributed by atoms with van der Waals surface area (Å²) in [4.78, 5) is 0. The van der Waals surface area contributed by atoms with Crippen LogP contribution >= 0.6 is 12.2 Å². The van der Waals surface area contributed by atoms with Crippen LogP contribution in [-0.4, -0.2) is 20.9 Å². The second kappa shape index (κ2) is 4.53. The molecule has 0 atom stereocenters. The van der Waals surface area contributed by atoms with E-state index in [-0.39, 0.29) is 6.10 Å². The monoisotopic (exact) mass is 201 g/mol. The van der Waals surface area contributed by atoms with Gasteiger partial charge >= 0.3 is 0 Å². The third kappa shape index (κ3) is 2.63. The molecule has 1 aromatic rings. The molecule has 4 nitrogen and oxygen atoms in total. The number of aromatic amines is 1. The predicted molar refractivity (Wildman–Crippen MR) is 53.0 cm³/mol. The molecule has 0 spiro atoms. The Morgan fingerprint density at radius 3 is 2.85 bits per heavy atom. The first kappa shape index (κ1) is 10.4. The molecule has 0 aliphatic carbocycles. The van der Waals surface area contributed by atoms with Gasteiger partial charge in [0.2, 0.25) is 0 Å². The van der Waals surface area contributed by atoms with Crippen molar-refractivity contribution >= 4 is 12.2 Å². The molecular formula is C8H15N3OS. The summed E-state index contributed by atoms with van der Waals surface area (Å²) in [6.45, 7) is 7.37. The standard InChI is InChI=1S/C8H15N3OS/c1-4-11-7(5-12-6(2)3)9-10-8(11)13/h6H,4-5H2,1-3H3,(H,10,13). The Kier molecular flexibility index (Phi) is 3.62. The zero-order chi connectivity index (χ0) is 9.84. The van der Waals surface area contributed by atoms with Crippen LogP contribution in [0.15, 0.2) is 0 Å². The van der Waals surface area contributed by atoms with Gasteiger partial charge in [0.1, 0.15) is 6.61 Å². The van der Waals surface area contributed by atoms with E-state index in [9.17, 15) is 0 Å². The molecule has 74 valence electrons. The zero-order valence-electron chi connectivity index (χ0n) is 8.20. The van der Waals surface area contributed by atoms with E-state index in [0.29, 0.717) is 11.4 Å². The van der Waals surface area contributed by atoms with Gasteiger partial charge in [-0.3, -0.25) is 5.10 Å². The molecule has 0 amide bonds. The van der Waals surface area contributed by atoms with Crippen molar-refractivity contribution in [3.8, 4) is 0 Å². The van der Waals surface area contributed by atoms with Crippen LogP contribution in [0.3, 0.4) is 0 Å². The molecule has 5 heteroatoms. The molecule has 0 fully saturated rings. The number of nitrogens with zero attached hydrogens (tertiary/aromatic N) is 2. The van der Waals surface area contributed by atoms with Gasteiger partial charge in [0, 0.05) is 6.54 Å². The minimum absolute atomic E-state index is 0.218. The summed E-state index contributed by atoms with van der Waals surface area (Å²) >= 11 is 5.04. The molecule has 1 aromatic heterocycles. The van der Waals surface area contributed by atoms with Gasteiger partial charge in [-0.15, -0.1) is 0 Å². The molecule has 0 saturated carbocycles. The van der Waals surface area contributed by atoms with Gasteiger partial charge < -0.3 is 9.30 Å². The van der Waals surface area contributed by atoms with Crippen molar-refractivity contribution in [1.82, 2.24) is 14.8 Å². The first-order valence-corrected chi connectivity index (χ1v) is 4.81. The van der Waals surface area contributed by atoms with E-state index < -0.39 is 0 Å². The molecule has 1 heterocycles. The first-order chi connectivity index (χ1) is 6.15. The van der Waals surface area contributed by atoms with Crippen molar-refractivity contribution in [2.75, 3.05) is 0 Å². The van der Waals surface area contributed by atoms with E-state index in [1.165, 1.54) is 0 Å². The zero-order valence-corrected chi connectivity index (χ0v) is 9.02. The maximum atomic E-state index is 5.43. The average molecular weight is 201 g/mol. The summed E-state index contributed by atoms with van der Waals surface area (Å²) in [6.07, 6.45) is 0.218. The highest BCUT2D eigenvalue weighted by atomic mass is 32.1. The van der Waals surface area contributed by atoms with Crippen molar-refractivity contribution in [2.24, 2.45) is 0 Å². The number of hydrogen-bond acceptors (Lipinski definition) is 3. The van der Waals surface area contributed by atoms with Crippen LogP contribution in [0.4, 0.5) is 0 Å². The van der Waals surface area contributed by atoms with Crippen molar-refractivity contribution in [3.05, 3.63) is 10.6 Å². The predicted octanol–water partition coefficient (Wildman–Crippen LogP) is 1.89. The Balaban J connectivity index is 2.71. The smallest absolute Gasteiger partial charge is 0.195 e. The van der Waals surface area contributed by atoms with Crippen LogP contribution in [0.2, 0.25) is 0 Å². The summed E-state index contributed by atoms with van der Waals surface area (Å²) in [7, 11) is 0. The van der Waals surface area contributed by atoms with Gasteiger partial charge in [0.25, 0.3) is 0 Å². The van der Waals surface area contributed by atoms with Crippen molar-refractivity contribution in [2.45, 2.75) is 40.0 Å². The molecule has 0 radical (unpaired) electrons. The van der Waals surface area contributed by atoms with Crippen molar-refractivity contribution in [3.63, 3.8) is 0 Å². The number of H-pyrrole nitrogens is 1. The average Bonchev–Trinajstić information content (AvgIpc) is 2.42. The second-order valence-electron chi connectivity index (χ2n) is 3.05. The Bertz CT molecular complexity index is 315. The Morgan fingerprint density at radius 2 is 2.31 bits per heavy atom. The van der Waals surface area contributed by atoms with E-state index in [1.54, 1.807) is 0 Å². The summed E-state index contributed by atoms with van der Waals surface area (Å²) in [5, 5.41) is 6.83. The van der Waals surface area contributed by atoms with Crippen LogP contribution in [0.25, 0.3) is 0 Å². The molecule has 1 N–H and O–H groups in total. The fraction of sp³-hybridized carbons (Fsp3) is 0.750. The van der Waals surface area contributed by atoms with E-state index in [4.69, 9.17) is 17.0 Å². The third-order valence-corrected chi connectivity index (χ3v) is 2.01. The van der Waals surface area contributed by atoms with Crippen LogP contribution < -0.4 is 0 Å². The van der Waals surface area contributed by atoms with Crippen LogP contribution in [0, 0.1) is 4.77 Å². The molecule has 0 aliphatic rings. The maximum Gasteiger partial charge on any atom is 0.195 e. The van der Waals surface area contributed by atoms with Crippen LogP contribution in [-0.2, 0) is 17.9 Å². The topological polar surface area (TPSA) is 42.8 Å². The molecule has 0 aliphatic heterocycles. The normalized spacial score (nSPS) is 11.1. The second-order valence-corrected chi connectivity index (χ2v) is 3.44. The van der Waals surface area contributed by atoms with Crippen molar-refractivity contribution in [1.29, 1.82) is 0 Å². The number of rotatable bonds is 4. The lowest BCUT2D eigenvalue weighted by Crippen LogP contribution is -2.08. The lowest BCUT2D eigenvalue weighted by Gasteiger charge is -2.07. The number of hydrogen-bond donors (Lipinski definition) is 1. The number of nitrogens with one attached hydrogen (secondary N) is 1. The molecule has 1 rings (SSSR count). The molecule has 13 heavy (non-hydrogen) atoms. The summed E-state index contributed by atoms with van der Waals surface area (Å²) in [5.41, 5.74) is 0. The lowest BCUT2D eigenvalue weighted by molar-refractivity contribution is 0.0593. The highest BCUT2D eigenvalue weighted by Gasteiger charge is 2.04. The first-order valence-electron chi connectivity index (χ1n) is 4.40. The van der Waals surface area contributed by atoms with Gasteiger partial charge in [-0.2, -0.15) is 5.10 Å². The van der Waals surface area contributed by atoms with Gasteiger partial charge in [-0.05, 0) is 33.0 Å².